The Morgan fingerprint density at radius 1 is 1.41 bits per heavy atom. The standard InChI is InChI=1S/C10H6F2N2OS2/c11-6-1-2-7(8(12)3-6)9(15)4-16-10-14-13-5-17-10/h1-3,5H,4H2. The normalized spacial score (nSPS) is 10.5. The van der Waals surface area contributed by atoms with Gasteiger partial charge in [-0.05, 0) is 12.1 Å². The van der Waals surface area contributed by atoms with E-state index in [1.165, 1.54) is 23.1 Å². The van der Waals surface area contributed by atoms with Crippen LogP contribution in [-0.4, -0.2) is 21.7 Å². The van der Waals surface area contributed by atoms with Crippen molar-refractivity contribution in [2.45, 2.75) is 4.34 Å². The lowest BCUT2D eigenvalue weighted by molar-refractivity contribution is 0.101. The number of carbonyl (C=O) groups excluding carboxylic acids is 1. The molecule has 0 aliphatic rings. The maximum Gasteiger partial charge on any atom is 0.176 e. The Bertz CT molecular complexity index is 531. The highest BCUT2D eigenvalue weighted by molar-refractivity contribution is 8.01. The van der Waals surface area contributed by atoms with E-state index >= 15 is 0 Å². The molecule has 17 heavy (non-hydrogen) atoms. The SMILES string of the molecule is O=C(CSc1nncs1)c1ccc(F)cc1F. The van der Waals surface area contributed by atoms with Crippen LogP contribution in [0.25, 0.3) is 0 Å². The van der Waals surface area contributed by atoms with Crippen LogP contribution >= 0.6 is 23.1 Å². The van der Waals surface area contributed by atoms with E-state index in [0.29, 0.717) is 10.4 Å². The smallest absolute Gasteiger partial charge is 0.176 e. The van der Waals surface area contributed by atoms with E-state index in [1.54, 1.807) is 5.51 Å². The third-order valence-corrected chi connectivity index (χ3v) is 3.76. The van der Waals surface area contributed by atoms with E-state index in [1.807, 2.05) is 0 Å². The first kappa shape index (κ1) is 12.1. The lowest BCUT2D eigenvalue weighted by atomic mass is 10.1. The van der Waals surface area contributed by atoms with Crippen molar-refractivity contribution in [2.24, 2.45) is 0 Å². The van der Waals surface area contributed by atoms with Gasteiger partial charge in [0.05, 0.1) is 11.3 Å². The summed E-state index contributed by atoms with van der Waals surface area (Å²) in [6.45, 7) is 0. The maximum absolute atomic E-state index is 13.3. The van der Waals surface area contributed by atoms with Crippen LogP contribution in [0.1, 0.15) is 10.4 Å². The molecule has 0 saturated carbocycles. The first-order chi connectivity index (χ1) is 8.16. The molecule has 1 heterocycles. The summed E-state index contributed by atoms with van der Waals surface area (Å²) in [6.07, 6.45) is 0. The van der Waals surface area contributed by atoms with Gasteiger partial charge in [0, 0.05) is 6.07 Å². The summed E-state index contributed by atoms with van der Waals surface area (Å²) < 4.78 is 26.6. The number of carbonyl (C=O) groups is 1. The van der Waals surface area contributed by atoms with Crippen molar-refractivity contribution in [3.05, 3.63) is 40.9 Å². The third kappa shape index (κ3) is 3.07. The molecule has 0 atom stereocenters. The van der Waals surface area contributed by atoms with Gasteiger partial charge in [-0.2, -0.15) is 0 Å². The Balaban J connectivity index is 2.04. The second kappa shape index (κ2) is 5.33. The maximum atomic E-state index is 13.3. The Morgan fingerprint density at radius 3 is 2.88 bits per heavy atom. The minimum atomic E-state index is -0.840. The quantitative estimate of drug-likeness (QED) is 0.634. The predicted molar refractivity (Wildman–Crippen MR) is 61.3 cm³/mol. The topological polar surface area (TPSA) is 42.9 Å². The summed E-state index contributed by atoms with van der Waals surface area (Å²) in [5, 5.41) is 7.36. The molecule has 88 valence electrons. The third-order valence-electron chi connectivity index (χ3n) is 1.90. The number of ketones is 1. The number of benzene rings is 1. The molecule has 2 rings (SSSR count). The van der Waals surface area contributed by atoms with E-state index in [9.17, 15) is 13.6 Å². The molecule has 0 aliphatic carbocycles. The van der Waals surface area contributed by atoms with E-state index in [2.05, 4.69) is 10.2 Å². The molecular weight excluding hydrogens is 266 g/mol. The van der Waals surface area contributed by atoms with Gasteiger partial charge in [0.2, 0.25) is 0 Å². The Morgan fingerprint density at radius 2 is 2.24 bits per heavy atom. The molecule has 0 radical (unpaired) electrons. The van der Waals surface area contributed by atoms with Gasteiger partial charge in [0.25, 0.3) is 0 Å². The van der Waals surface area contributed by atoms with Crippen molar-refractivity contribution < 1.29 is 13.6 Å². The summed E-state index contributed by atoms with van der Waals surface area (Å²) in [6, 6.07) is 2.91. The Kier molecular flexibility index (Phi) is 3.80. The molecular formula is C10H6F2N2OS2. The van der Waals surface area contributed by atoms with Crippen LogP contribution < -0.4 is 0 Å². The van der Waals surface area contributed by atoms with Crippen LogP contribution in [0.4, 0.5) is 8.78 Å². The summed E-state index contributed by atoms with van der Waals surface area (Å²) in [4.78, 5) is 11.6. The number of hydrogen-bond donors (Lipinski definition) is 0. The minimum Gasteiger partial charge on any atom is -0.293 e. The number of aromatic nitrogens is 2. The van der Waals surface area contributed by atoms with E-state index in [4.69, 9.17) is 0 Å². The van der Waals surface area contributed by atoms with Crippen LogP contribution in [-0.2, 0) is 0 Å². The first-order valence-corrected chi connectivity index (χ1v) is 6.40. The van der Waals surface area contributed by atoms with E-state index in [-0.39, 0.29) is 11.3 Å². The lowest BCUT2D eigenvalue weighted by Gasteiger charge is -2.01. The van der Waals surface area contributed by atoms with Crippen molar-refractivity contribution in [3.63, 3.8) is 0 Å². The first-order valence-electron chi connectivity index (χ1n) is 4.54. The van der Waals surface area contributed by atoms with Crippen molar-refractivity contribution in [1.82, 2.24) is 10.2 Å². The highest BCUT2D eigenvalue weighted by Gasteiger charge is 2.13. The average Bonchev–Trinajstić information content (AvgIpc) is 2.78. The van der Waals surface area contributed by atoms with Gasteiger partial charge in [-0.1, -0.05) is 23.1 Å². The minimum absolute atomic E-state index is 0.0533. The number of hydrogen-bond acceptors (Lipinski definition) is 5. The number of rotatable bonds is 4. The van der Waals surface area contributed by atoms with Gasteiger partial charge in [0.15, 0.2) is 10.1 Å². The molecule has 0 amide bonds. The molecule has 0 spiro atoms. The Hall–Kier alpha value is -1.34. The number of halogens is 2. The molecule has 1 aromatic heterocycles. The molecule has 0 N–H and O–H groups in total. The summed E-state index contributed by atoms with van der Waals surface area (Å²) in [7, 11) is 0. The van der Waals surface area contributed by atoms with Gasteiger partial charge in [-0.15, -0.1) is 10.2 Å². The molecule has 0 unspecified atom stereocenters. The van der Waals surface area contributed by atoms with Gasteiger partial charge < -0.3 is 0 Å². The van der Waals surface area contributed by atoms with Crippen LogP contribution in [0, 0.1) is 11.6 Å². The van der Waals surface area contributed by atoms with Gasteiger partial charge in [0.1, 0.15) is 17.1 Å². The fourth-order valence-electron chi connectivity index (χ4n) is 1.15. The molecule has 0 aliphatic heterocycles. The summed E-state index contributed by atoms with van der Waals surface area (Å²) >= 11 is 2.48. The molecule has 0 saturated heterocycles. The van der Waals surface area contributed by atoms with Crippen LogP contribution in [0.3, 0.4) is 0 Å². The van der Waals surface area contributed by atoms with Gasteiger partial charge >= 0.3 is 0 Å². The molecule has 0 bridgehead atoms. The lowest BCUT2D eigenvalue weighted by Crippen LogP contribution is -2.05. The van der Waals surface area contributed by atoms with Crippen molar-refractivity contribution in [2.75, 3.05) is 5.75 Å². The highest BCUT2D eigenvalue weighted by Crippen LogP contribution is 2.21. The molecule has 7 heteroatoms. The van der Waals surface area contributed by atoms with Crippen LogP contribution in [0.5, 0.6) is 0 Å². The zero-order valence-electron chi connectivity index (χ0n) is 8.39. The molecule has 3 nitrogen and oxygen atoms in total. The fraction of sp³-hybridized carbons (Fsp3) is 0.100. The van der Waals surface area contributed by atoms with Crippen molar-refractivity contribution in [3.8, 4) is 0 Å². The van der Waals surface area contributed by atoms with E-state index in [0.717, 1.165) is 12.1 Å². The number of Topliss-reactive ketones (excluding diaryl/α,β-unsaturated/α-hetero) is 1. The summed E-state index contributed by atoms with van der Waals surface area (Å²) in [5.41, 5.74) is 1.44. The van der Waals surface area contributed by atoms with Crippen molar-refractivity contribution >= 4 is 28.9 Å². The summed E-state index contributed by atoms with van der Waals surface area (Å²) in [5.74, 6) is -1.89. The van der Waals surface area contributed by atoms with Crippen molar-refractivity contribution in [1.29, 1.82) is 0 Å². The van der Waals surface area contributed by atoms with Crippen LogP contribution in [0.15, 0.2) is 28.0 Å². The Labute approximate surface area is 104 Å². The van der Waals surface area contributed by atoms with Gasteiger partial charge in [-0.25, -0.2) is 8.78 Å². The number of nitrogens with zero attached hydrogens (tertiary/aromatic N) is 2. The monoisotopic (exact) mass is 272 g/mol. The molecule has 1 aromatic carbocycles. The predicted octanol–water partition coefficient (Wildman–Crippen LogP) is 2.79. The second-order valence-electron chi connectivity index (χ2n) is 3.04. The van der Waals surface area contributed by atoms with Gasteiger partial charge in [-0.3, -0.25) is 4.79 Å². The average molecular weight is 272 g/mol. The zero-order valence-corrected chi connectivity index (χ0v) is 10.0. The largest absolute Gasteiger partial charge is 0.293 e. The zero-order chi connectivity index (χ0) is 12.3. The molecule has 0 fully saturated rings. The fourth-order valence-corrected chi connectivity index (χ4v) is 2.52. The number of thioether (sulfide) groups is 1. The van der Waals surface area contributed by atoms with Crippen LogP contribution in [0.2, 0.25) is 0 Å². The molecule has 2 aromatic rings. The second-order valence-corrected chi connectivity index (χ2v) is 5.10. The van der Waals surface area contributed by atoms with E-state index < -0.39 is 17.4 Å². The highest BCUT2D eigenvalue weighted by atomic mass is 32.2.